The average molecular weight is 188 g/mol. The number of carbonyl (C=O) groups excluding carboxylic acids is 1. The van der Waals surface area contributed by atoms with E-state index in [1.807, 2.05) is 0 Å². The molecular weight excluding hydrogens is 170 g/mol. The third kappa shape index (κ3) is 3.26. The van der Waals surface area contributed by atoms with E-state index >= 15 is 0 Å². The second-order valence-corrected chi connectivity index (χ2v) is 3.38. The highest BCUT2D eigenvalue weighted by atomic mass is 16.3. The molecule has 0 aromatic carbocycles. The Morgan fingerprint density at radius 2 is 2.23 bits per heavy atom. The summed E-state index contributed by atoms with van der Waals surface area (Å²) < 4.78 is 0.0926. The van der Waals surface area contributed by atoms with E-state index < -0.39 is 6.23 Å². The number of ketones is 1. The van der Waals surface area contributed by atoms with Gasteiger partial charge in [0.15, 0.2) is 0 Å². The van der Waals surface area contributed by atoms with Crippen LogP contribution in [0.5, 0.6) is 0 Å². The fraction of sp³-hybridized carbons (Fsp3) is 0.667. The number of Topliss-reactive ketones (excluding diaryl/α,β-unsaturated/α-hetero) is 1. The fourth-order valence-electron chi connectivity index (χ4n) is 1.28. The van der Waals surface area contributed by atoms with Gasteiger partial charge in [-0.2, -0.15) is 0 Å². The first-order valence-electron chi connectivity index (χ1n) is 4.22. The zero-order valence-corrected chi connectivity index (χ0v) is 8.23. The number of likely N-dealkylation sites (N-methyl/N-ethyl adjacent to an activating group) is 1. The lowest BCUT2D eigenvalue weighted by atomic mass is 10.2. The van der Waals surface area contributed by atoms with Gasteiger partial charge in [0.1, 0.15) is 6.54 Å². The van der Waals surface area contributed by atoms with Gasteiger partial charge in [-0.05, 0) is 6.08 Å². The van der Waals surface area contributed by atoms with Gasteiger partial charge in [0.05, 0.1) is 20.2 Å². The summed E-state index contributed by atoms with van der Waals surface area (Å²) in [6, 6.07) is 0. The van der Waals surface area contributed by atoms with Crippen molar-refractivity contribution in [1.29, 1.82) is 0 Å². The van der Waals surface area contributed by atoms with Gasteiger partial charge in [-0.15, -0.1) is 0 Å². The molecule has 0 aliphatic carbocycles. The second-order valence-electron chi connectivity index (χ2n) is 3.38. The average Bonchev–Trinajstić information content (AvgIpc) is 2.03. The van der Waals surface area contributed by atoms with Crippen molar-refractivity contribution >= 4 is 5.78 Å². The molecule has 0 bridgehead atoms. The van der Waals surface area contributed by atoms with Gasteiger partial charge in [-0.3, -0.25) is 9.28 Å². The Balaban J connectivity index is 4.54. The standard InChI is InChI=1S/C9H18NO3/c1-4-5-10(3,6-7-11)9(13)8(2)12/h4,9,11,13H,1,5-7H2,2-3H3/q+1. The van der Waals surface area contributed by atoms with Crippen molar-refractivity contribution in [2.45, 2.75) is 13.2 Å². The molecule has 0 amide bonds. The number of aliphatic hydroxyl groups is 2. The zero-order chi connectivity index (χ0) is 10.5. The van der Waals surface area contributed by atoms with Crippen molar-refractivity contribution in [3.8, 4) is 0 Å². The van der Waals surface area contributed by atoms with E-state index in [1.54, 1.807) is 13.1 Å². The van der Waals surface area contributed by atoms with Crippen molar-refractivity contribution in [2.24, 2.45) is 0 Å². The minimum absolute atomic E-state index is 0.0608. The van der Waals surface area contributed by atoms with Crippen LogP contribution in [0.4, 0.5) is 0 Å². The highest BCUT2D eigenvalue weighted by Gasteiger charge is 2.32. The first-order chi connectivity index (χ1) is 5.98. The smallest absolute Gasteiger partial charge is 0.251 e. The molecule has 0 heterocycles. The predicted octanol–water partition coefficient (Wildman–Crippen LogP) is -0.481. The van der Waals surface area contributed by atoms with Crippen LogP contribution < -0.4 is 0 Å². The van der Waals surface area contributed by atoms with E-state index in [4.69, 9.17) is 5.11 Å². The van der Waals surface area contributed by atoms with Crippen LogP contribution in [0.1, 0.15) is 6.92 Å². The number of carbonyl (C=O) groups is 1. The molecular formula is C9H18NO3+. The summed E-state index contributed by atoms with van der Waals surface area (Å²) in [5, 5.41) is 18.4. The van der Waals surface area contributed by atoms with Crippen molar-refractivity contribution in [2.75, 3.05) is 26.7 Å². The van der Waals surface area contributed by atoms with Crippen LogP contribution in [0.15, 0.2) is 12.7 Å². The summed E-state index contributed by atoms with van der Waals surface area (Å²) in [7, 11) is 1.71. The maximum atomic E-state index is 11.0. The highest BCUT2D eigenvalue weighted by Crippen LogP contribution is 2.08. The van der Waals surface area contributed by atoms with Crippen LogP contribution in [0.2, 0.25) is 0 Å². The zero-order valence-electron chi connectivity index (χ0n) is 8.23. The molecule has 4 heteroatoms. The molecule has 0 aromatic rings. The first-order valence-corrected chi connectivity index (χ1v) is 4.22. The van der Waals surface area contributed by atoms with Crippen LogP contribution >= 0.6 is 0 Å². The van der Waals surface area contributed by atoms with Crippen molar-refractivity contribution < 1.29 is 19.5 Å². The predicted molar refractivity (Wildman–Crippen MR) is 49.9 cm³/mol. The van der Waals surface area contributed by atoms with Gasteiger partial charge in [0.25, 0.3) is 6.23 Å². The van der Waals surface area contributed by atoms with Gasteiger partial charge in [0, 0.05) is 6.92 Å². The summed E-state index contributed by atoms with van der Waals surface area (Å²) in [5.41, 5.74) is 0. The van der Waals surface area contributed by atoms with E-state index in [-0.39, 0.29) is 16.9 Å². The van der Waals surface area contributed by atoms with E-state index in [2.05, 4.69) is 6.58 Å². The Kier molecular flexibility index (Phi) is 4.83. The maximum absolute atomic E-state index is 11.0. The number of hydrogen-bond donors (Lipinski definition) is 2. The molecule has 0 rings (SSSR count). The Hall–Kier alpha value is -0.710. The summed E-state index contributed by atoms with van der Waals surface area (Å²) >= 11 is 0. The molecule has 0 aliphatic heterocycles. The van der Waals surface area contributed by atoms with Crippen LogP contribution in [-0.2, 0) is 4.79 Å². The molecule has 13 heavy (non-hydrogen) atoms. The minimum atomic E-state index is -1.08. The Morgan fingerprint density at radius 1 is 1.69 bits per heavy atom. The first kappa shape index (κ1) is 12.3. The van der Waals surface area contributed by atoms with E-state index in [0.29, 0.717) is 13.1 Å². The molecule has 2 unspecified atom stereocenters. The van der Waals surface area contributed by atoms with E-state index in [0.717, 1.165) is 0 Å². The largest absolute Gasteiger partial charge is 0.391 e. The van der Waals surface area contributed by atoms with Crippen LogP contribution in [-0.4, -0.2) is 53.5 Å². The van der Waals surface area contributed by atoms with Gasteiger partial charge in [-0.25, -0.2) is 0 Å². The van der Waals surface area contributed by atoms with Crippen LogP contribution in [0, 0.1) is 0 Å². The fourth-order valence-corrected chi connectivity index (χ4v) is 1.28. The highest BCUT2D eigenvalue weighted by molar-refractivity contribution is 5.78. The van der Waals surface area contributed by atoms with E-state index in [9.17, 15) is 9.90 Å². The molecule has 0 saturated carbocycles. The molecule has 76 valence electrons. The summed E-state index contributed by atoms with van der Waals surface area (Å²) in [5.74, 6) is -0.294. The topological polar surface area (TPSA) is 57.5 Å². The summed E-state index contributed by atoms with van der Waals surface area (Å²) in [6.07, 6.45) is 0.548. The third-order valence-corrected chi connectivity index (χ3v) is 2.11. The van der Waals surface area contributed by atoms with Crippen LogP contribution in [0.3, 0.4) is 0 Å². The molecule has 0 radical (unpaired) electrons. The lowest BCUT2D eigenvalue weighted by Crippen LogP contribution is -2.56. The van der Waals surface area contributed by atoms with Crippen molar-refractivity contribution in [3.63, 3.8) is 0 Å². The number of aliphatic hydroxyl groups excluding tert-OH is 2. The summed E-state index contributed by atoms with van der Waals surface area (Å²) in [4.78, 5) is 11.0. The Morgan fingerprint density at radius 3 is 2.54 bits per heavy atom. The van der Waals surface area contributed by atoms with Crippen LogP contribution in [0.25, 0.3) is 0 Å². The number of hydrogen-bond acceptors (Lipinski definition) is 3. The maximum Gasteiger partial charge on any atom is 0.251 e. The minimum Gasteiger partial charge on any atom is -0.391 e. The molecule has 2 atom stereocenters. The second kappa shape index (κ2) is 5.11. The quantitative estimate of drug-likeness (QED) is 0.336. The number of quaternary nitrogens is 1. The van der Waals surface area contributed by atoms with Gasteiger partial charge in [-0.1, -0.05) is 6.58 Å². The van der Waals surface area contributed by atoms with Crippen molar-refractivity contribution in [1.82, 2.24) is 0 Å². The molecule has 0 spiro atoms. The molecule has 0 aromatic heterocycles. The number of nitrogens with zero attached hydrogens (tertiary/aromatic N) is 1. The number of rotatable bonds is 6. The molecule has 0 saturated heterocycles. The normalized spacial score (nSPS) is 17.5. The molecule has 2 N–H and O–H groups in total. The Labute approximate surface area is 78.7 Å². The van der Waals surface area contributed by atoms with Gasteiger partial charge < -0.3 is 10.2 Å². The van der Waals surface area contributed by atoms with Crippen molar-refractivity contribution in [3.05, 3.63) is 12.7 Å². The Bertz CT molecular complexity index is 193. The molecule has 0 fully saturated rings. The monoisotopic (exact) mass is 188 g/mol. The SMILES string of the molecule is C=CC[N+](C)(CCO)C(O)C(C)=O. The molecule has 0 aliphatic rings. The van der Waals surface area contributed by atoms with E-state index in [1.165, 1.54) is 6.92 Å². The lowest BCUT2D eigenvalue weighted by molar-refractivity contribution is -0.939. The van der Waals surface area contributed by atoms with Gasteiger partial charge in [0.2, 0.25) is 5.78 Å². The lowest BCUT2D eigenvalue weighted by Gasteiger charge is -2.35. The summed E-state index contributed by atoms with van der Waals surface area (Å²) in [6.45, 7) is 5.62. The third-order valence-electron chi connectivity index (χ3n) is 2.11. The molecule has 4 nitrogen and oxygen atoms in total. The van der Waals surface area contributed by atoms with Gasteiger partial charge >= 0.3 is 0 Å².